The maximum Gasteiger partial charge on any atom is 0.234 e. The molecule has 2 N–H and O–H groups in total. The van der Waals surface area contributed by atoms with Gasteiger partial charge in [0.15, 0.2) is 0 Å². The number of anilines is 1. The van der Waals surface area contributed by atoms with Crippen LogP contribution in [0.25, 0.3) is 0 Å². The summed E-state index contributed by atoms with van der Waals surface area (Å²) in [5, 5.41) is 0. The van der Waals surface area contributed by atoms with E-state index in [4.69, 9.17) is 22.1 Å². The summed E-state index contributed by atoms with van der Waals surface area (Å²) >= 11 is 5.39. The molecule has 1 rings (SSSR count). The molecule has 0 atom stereocenters. The number of aromatic nitrogens is 2. The van der Waals surface area contributed by atoms with E-state index < -0.39 is 0 Å². The first-order valence-electron chi connectivity index (χ1n) is 3.09. The Labute approximate surface area is 69.4 Å². The summed E-state index contributed by atoms with van der Waals surface area (Å²) in [6.07, 6.45) is 2.94. The molecule has 0 bridgehead atoms. The maximum atomic E-state index is 5.39. The standard InChI is InChI=1S/C6H8ClN3O/c7-1-2-11-6-4-9-3-5(8)10-6/h3-4H,1-2H2,(H2,8,10). The first kappa shape index (κ1) is 8.07. The number of hydrogen-bond donors (Lipinski definition) is 1. The van der Waals surface area contributed by atoms with Crippen molar-refractivity contribution in [3.63, 3.8) is 0 Å². The van der Waals surface area contributed by atoms with Gasteiger partial charge < -0.3 is 10.5 Å². The second-order valence-electron chi connectivity index (χ2n) is 1.82. The van der Waals surface area contributed by atoms with Crippen LogP contribution >= 0.6 is 11.6 Å². The van der Waals surface area contributed by atoms with Gasteiger partial charge in [0, 0.05) is 0 Å². The predicted molar refractivity (Wildman–Crippen MR) is 42.7 cm³/mol. The zero-order valence-electron chi connectivity index (χ0n) is 5.83. The minimum atomic E-state index is 0.345. The van der Waals surface area contributed by atoms with E-state index in [1.54, 1.807) is 0 Å². The van der Waals surface area contributed by atoms with Crippen molar-refractivity contribution in [1.29, 1.82) is 0 Å². The molecule has 0 unspecified atom stereocenters. The quantitative estimate of drug-likeness (QED) is 0.683. The Bertz CT molecular complexity index is 231. The van der Waals surface area contributed by atoms with Gasteiger partial charge in [0.05, 0.1) is 18.3 Å². The van der Waals surface area contributed by atoms with E-state index in [1.807, 2.05) is 0 Å². The Morgan fingerprint density at radius 2 is 2.36 bits per heavy atom. The minimum Gasteiger partial charge on any atom is -0.475 e. The van der Waals surface area contributed by atoms with Gasteiger partial charge in [-0.1, -0.05) is 0 Å². The topological polar surface area (TPSA) is 61.0 Å². The molecule has 5 heteroatoms. The normalized spacial score (nSPS) is 9.55. The number of nitrogen functional groups attached to an aromatic ring is 1. The van der Waals surface area contributed by atoms with Gasteiger partial charge in [-0.2, -0.15) is 4.98 Å². The molecule has 0 saturated carbocycles. The van der Waals surface area contributed by atoms with Gasteiger partial charge in [-0.25, -0.2) is 0 Å². The molecule has 0 radical (unpaired) electrons. The van der Waals surface area contributed by atoms with E-state index in [1.165, 1.54) is 12.4 Å². The molecule has 0 aliphatic rings. The van der Waals surface area contributed by atoms with Crippen molar-refractivity contribution >= 4 is 17.4 Å². The third kappa shape index (κ3) is 2.59. The number of halogens is 1. The molecule has 1 aromatic heterocycles. The zero-order chi connectivity index (χ0) is 8.10. The molecule has 0 amide bonds. The molecule has 4 nitrogen and oxygen atoms in total. The molecule has 1 aromatic rings. The highest BCUT2D eigenvalue weighted by atomic mass is 35.5. The van der Waals surface area contributed by atoms with Gasteiger partial charge in [0.1, 0.15) is 12.4 Å². The summed E-state index contributed by atoms with van der Waals surface area (Å²) in [4.78, 5) is 7.63. The lowest BCUT2D eigenvalue weighted by Crippen LogP contribution is -2.01. The van der Waals surface area contributed by atoms with Gasteiger partial charge in [-0.3, -0.25) is 4.98 Å². The van der Waals surface area contributed by atoms with Crippen LogP contribution in [0.1, 0.15) is 0 Å². The third-order valence-corrected chi connectivity index (χ3v) is 1.11. The highest BCUT2D eigenvalue weighted by molar-refractivity contribution is 6.17. The lowest BCUT2D eigenvalue weighted by Gasteiger charge is -2.01. The van der Waals surface area contributed by atoms with E-state index in [2.05, 4.69) is 9.97 Å². The van der Waals surface area contributed by atoms with Crippen LogP contribution in [0.4, 0.5) is 5.82 Å². The van der Waals surface area contributed by atoms with Crippen LogP contribution in [0.3, 0.4) is 0 Å². The largest absolute Gasteiger partial charge is 0.475 e. The molecule has 0 aliphatic heterocycles. The molecular weight excluding hydrogens is 166 g/mol. The third-order valence-electron chi connectivity index (χ3n) is 0.958. The molecule has 11 heavy (non-hydrogen) atoms. The monoisotopic (exact) mass is 173 g/mol. The van der Waals surface area contributed by atoms with Crippen molar-refractivity contribution in [3.8, 4) is 5.88 Å². The molecule has 0 aliphatic carbocycles. The van der Waals surface area contributed by atoms with E-state index >= 15 is 0 Å². The van der Waals surface area contributed by atoms with Crippen molar-refractivity contribution < 1.29 is 4.74 Å². The van der Waals surface area contributed by atoms with Gasteiger partial charge in [0.2, 0.25) is 5.88 Å². The first-order chi connectivity index (χ1) is 5.33. The summed E-state index contributed by atoms with van der Waals surface area (Å²) < 4.78 is 5.05. The van der Waals surface area contributed by atoms with E-state index in [-0.39, 0.29) is 0 Å². The Kier molecular flexibility index (Phi) is 2.92. The fourth-order valence-electron chi connectivity index (χ4n) is 0.575. The molecule has 0 fully saturated rings. The number of ether oxygens (including phenoxy) is 1. The van der Waals surface area contributed by atoms with E-state index in [0.717, 1.165) is 0 Å². The number of alkyl halides is 1. The number of nitrogens with two attached hydrogens (primary N) is 1. The summed E-state index contributed by atoms with van der Waals surface area (Å²) in [5.41, 5.74) is 5.34. The molecule has 0 saturated heterocycles. The van der Waals surface area contributed by atoms with Gasteiger partial charge >= 0.3 is 0 Å². The van der Waals surface area contributed by atoms with Gasteiger partial charge in [-0.15, -0.1) is 11.6 Å². The molecule has 0 aromatic carbocycles. The van der Waals surface area contributed by atoms with Crippen molar-refractivity contribution in [2.75, 3.05) is 18.2 Å². The second-order valence-corrected chi connectivity index (χ2v) is 2.20. The van der Waals surface area contributed by atoms with E-state index in [9.17, 15) is 0 Å². The van der Waals surface area contributed by atoms with Crippen LogP contribution in [-0.4, -0.2) is 22.5 Å². The average Bonchev–Trinajstić information content (AvgIpc) is 2.01. The first-order valence-corrected chi connectivity index (χ1v) is 3.62. The van der Waals surface area contributed by atoms with Crippen LogP contribution < -0.4 is 10.5 Å². The van der Waals surface area contributed by atoms with Crippen LogP contribution in [0.2, 0.25) is 0 Å². The highest BCUT2D eigenvalue weighted by Gasteiger charge is 1.94. The summed E-state index contributed by atoms with van der Waals surface area (Å²) in [5.74, 6) is 1.18. The van der Waals surface area contributed by atoms with Crippen molar-refractivity contribution in [3.05, 3.63) is 12.4 Å². The predicted octanol–water partition coefficient (Wildman–Crippen LogP) is 0.676. The SMILES string of the molecule is Nc1cncc(OCCCl)n1. The Balaban J connectivity index is 2.56. The number of nitrogens with zero attached hydrogens (tertiary/aromatic N) is 2. The Morgan fingerprint density at radius 1 is 1.55 bits per heavy atom. The Hall–Kier alpha value is -1.03. The minimum absolute atomic E-state index is 0.345. The fraction of sp³-hybridized carbons (Fsp3) is 0.333. The fourth-order valence-corrected chi connectivity index (χ4v) is 0.652. The van der Waals surface area contributed by atoms with Gasteiger partial charge in [0.25, 0.3) is 0 Å². The van der Waals surface area contributed by atoms with Crippen LogP contribution in [0.15, 0.2) is 12.4 Å². The average molecular weight is 174 g/mol. The second kappa shape index (κ2) is 3.98. The maximum absolute atomic E-state index is 5.39. The van der Waals surface area contributed by atoms with Crippen LogP contribution in [-0.2, 0) is 0 Å². The number of hydrogen-bond acceptors (Lipinski definition) is 4. The Morgan fingerprint density at radius 3 is 3.00 bits per heavy atom. The summed E-state index contributed by atoms with van der Waals surface area (Å²) in [6.45, 7) is 0.416. The molecule has 0 spiro atoms. The molecule has 60 valence electrons. The van der Waals surface area contributed by atoms with E-state index in [0.29, 0.717) is 24.2 Å². The summed E-state index contributed by atoms with van der Waals surface area (Å²) in [6, 6.07) is 0. The van der Waals surface area contributed by atoms with Crippen molar-refractivity contribution in [2.24, 2.45) is 0 Å². The number of rotatable bonds is 3. The lowest BCUT2D eigenvalue weighted by atomic mass is 10.6. The zero-order valence-corrected chi connectivity index (χ0v) is 6.58. The van der Waals surface area contributed by atoms with Gasteiger partial charge in [-0.05, 0) is 0 Å². The molecular formula is C6H8ClN3O. The highest BCUT2D eigenvalue weighted by Crippen LogP contribution is 2.05. The summed E-state index contributed by atoms with van der Waals surface area (Å²) in [7, 11) is 0. The van der Waals surface area contributed by atoms with Crippen molar-refractivity contribution in [1.82, 2.24) is 9.97 Å². The van der Waals surface area contributed by atoms with Crippen LogP contribution in [0.5, 0.6) is 5.88 Å². The smallest absolute Gasteiger partial charge is 0.234 e. The molecule has 1 heterocycles. The lowest BCUT2D eigenvalue weighted by molar-refractivity contribution is 0.328. The van der Waals surface area contributed by atoms with Crippen molar-refractivity contribution in [2.45, 2.75) is 0 Å². The van der Waals surface area contributed by atoms with Crippen LogP contribution in [0, 0.1) is 0 Å².